The van der Waals surface area contributed by atoms with Crippen LogP contribution in [0.2, 0.25) is 0 Å². The van der Waals surface area contributed by atoms with Crippen molar-refractivity contribution in [2.24, 2.45) is 16.7 Å². The predicted molar refractivity (Wildman–Crippen MR) is 218 cm³/mol. The van der Waals surface area contributed by atoms with Gasteiger partial charge in [-0.25, -0.2) is 9.59 Å². The van der Waals surface area contributed by atoms with Crippen molar-refractivity contribution in [1.82, 2.24) is 5.32 Å². The molecule has 3 aromatic carbocycles. The number of ketones is 1. The Labute approximate surface area is 358 Å². The minimum Gasteiger partial charge on any atom is -0.456 e. The van der Waals surface area contributed by atoms with Crippen molar-refractivity contribution >= 4 is 35.6 Å². The number of amides is 1. The van der Waals surface area contributed by atoms with Gasteiger partial charge in [0, 0.05) is 37.7 Å². The van der Waals surface area contributed by atoms with Crippen LogP contribution >= 0.6 is 0 Å². The zero-order valence-electron chi connectivity index (χ0n) is 35.2. The molecule has 4 aliphatic rings. The molecule has 0 unspecified atom stereocenters. The highest BCUT2D eigenvalue weighted by molar-refractivity contribution is 5.96. The van der Waals surface area contributed by atoms with Crippen LogP contribution in [0.3, 0.4) is 0 Å². The molecule has 4 N–H and O–H groups in total. The van der Waals surface area contributed by atoms with E-state index in [1.165, 1.54) is 26.0 Å². The number of carbonyl (C=O) groups is 6. The minimum absolute atomic E-state index is 0.00289. The number of esters is 4. The van der Waals surface area contributed by atoms with Crippen LogP contribution in [0, 0.1) is 16.7 Å². The Kier molecular flexibility index (Phi) is 11.8. The maximum Gasteiger partial charge on any atom is 0.338 e. The summed E-state index contributed by atoms with van der Waals surface area (Å²) in [6.45, 7) is 7.97. The molecule has 0 radical (unpaired) electrons. The number of hydrogen-bond acceptors (Lipinski definition) is 14. The Balaban J connectivity index is 1.39. The van der Waals surface area contributed by atoms with Crippen LogP contribution in [0.15, 0.2) is 102 Å². The topological polar surface area (TPSA) is 221 Å². The van der Waals surface area contributed by atoms with E-state index in [-0.39, 0.29) is 35.3 Å². The van der Waals surface area contributed by atoms with E-state index in [1.807, 2.05) is 0 Å². The normalized spacial score (nSPS) is 31.9. The number of Topliss-reactive ketones (excluding diaryl/α,β-unsaturated/α-hetero) is 1. The van der Waals surface area contributed by atoms with Gasteiger partial charge < -0.3 is 44.3 Å². The summed E-state index contributed by atoms with van der Waals surface area (Å²) in [5.41, 5.74) is -7.02. The van der Waals surface area contributed by atoms with Crippen molar-refractivity contribution in [3.05, 3.63) is 119 Å². The van der Waals surface area contributed by atoms with Gasteiger partial charge in [0.05, 0.1) is 35.6 Å². The number of nitrogens with one attached hydrogen (secondary N) is 1. The number of aliphatic hydroxyl groups excluding tert-OH is 2. The van der Waals surface area contributed by atoms with Crippen LogP contribution in [0.25, 0.3) is 0 Å². The van der Waals surface area contributed by atoms with Gasteiger partial charge in [0.1, 0.15) is 23.9 Å². The van der Waals surface area contributed by atoms with Crippen molar-refractivity contribution in [1.29, 1.82) is 0 Å². The quantitative estimate of drug-likeness (QED) is 0.130. The number of aliphatic hydroxyl groups is 3. The first-order valence-electron chi connectivity index (χ1n) is 20.5. The predicted octanol–water partition coefficient (Wildman–Crippen LogP) is 3.74. The molecule has 2 bridgehead atoms. The lowest BCUT2D eigenvalue weighted by Crippen LogP contribution is -2.82. The molecule has 1 amide bonds. The fourth-order valence-electron chi connectivity index (χ4n) is 10.2. The zero-order valence-corrected chi connectivity index (χ0v) is 35.2. The molecule has 15 heteroatoms. The van der Waals surface area contributed by atoms with Gasteiger partial charge in [-0.05, 0) is 54.8 Å². The van der Waals surface area contributed by atoms with Gasteiger partial charge in [-0.3, -0.25) is 19.2 Å². The van der Waals surface area contributed by atoms with E-state index < -0.39 is 113 Å². The number of carbonyl (C=O) groups excluding carboxylic acids is 6. The highest BCUT2D eigenvalue weighted by Gasteiger charge is 2.78. The molecular weight excluding hydrogens is 803 g/mol. The number of fused-ring (bicyclic) bond motifs is 5. The average molecular weight is 854 g/mol. The summed E-state index contributed by atoms with van der Waals surface area (Å²) in [5, 5.41) is 40.2. The molecule has 62 heavy (non-hydrogen) atoms. The van der Waals surface area contributed by atoms with Crippen molar-refractivity contribution in [2.75, 3.05) is 6.61 Å². The van der Waals surface area contributed by atoms with Crippen LogP contribution in [0.5, 0.6) is 0 Å². The highest BCUT2D eigenvalue weighted by atomic mass is 16.6. The monoisotopic (exact) mass is 853 g/mol. The van der Waals surface area contributed by atoms with Crippen LogP contribution in [-0.4, -0.2) is 105 Å². The van der Waals surface area contributed by atoms with E-state index in [1.54, 1.807) is 92.7 Å². The molecule has 1 heterocycles. The van der Waals surface area contributed by atoms with Gasteiger partial charge >= 0.3 is 23.9 Å². The molecule has 15 nitrogen and oxygen atoms in total. The molecular formula is C47H51NO14. The lowest BCUT2D eigenvalue weighted by molar-refractivity contribution is -0.346. The molecule has 7 rings (SSSR count). The molecule has 0 spiro atoms. The van der Waals surface area contributed by atoms with Crippen LogP contribution < -0.4 is 5.32 Å². The minimum atomic E-state index is -2.39. The largest absolute Gasteiger partial charge is 0.456 e. The summed E-state index contributed by atoms with van der Waals surface area (Å²) in [5.74, 6) is -6.84. The van der Waals surface area contributed by atoms with Crippen molar-refractivity contribution in [2.45, 2.75) is 108 Å². The smallest absolute Gasteiger partial charge is 0.338 e. The summed E-state index contributed by atoms with van der Waals surface area (Å²) in [4.78, 5) is 83.5. The number of hydrogen-bond donors (Lipinski definition) is 4. The van der Waals surface area contributed by atoms with E-state index >= 15 is 4.79 Å². The van der Waals surface area contributed by atoms with Gasteiger partial charge in [-0.15, -0.1) is 0 Å². The van der Waals surface area contributed by atoms with Crippen LogP contribution in [0.1, 0.15) is 86.7 Å². The molecule has 0 aromatic heterocycles. The average Bonchev–Trinajstić information content (AvgIpc) is 3.24. The van der Waals surface area contributed by atoms with Crippen LogP contribution in [0.4, 0.5) is 0 Å². The van der Waals surface area contributed by atoms with Gasteiger partial charge in [0.25, 0.3) is 5.91 Å². The lowest BCUT2D eigenvalue weighted by Gasteiger charge is -2.67. The first-order valence-corrected chi connectivity index (χ1v) is 20.5. The second-order valence-electron chi connectivity index (χ2n) is 17.4. The first-order chi connectivity index (χ1) is 29.3. The van der Waals surface area contributed by atoms with E-state index in [9.17, 15) is 39.3 Å². The molecule has 2 saturated carbocycles. The third-order valence-corrected chi connectivity index (χ3v) is 13.5. The third kappa shape index (κ3) is 7.29. The van der Waals surface area contributed by atoms with Crippen LogP contribution in [-0.2, 0) is 42.9 Å². The first kappa shape index (κ1) is 44.3. The maximum absolute atomic E-state index is 15.5. The maximum atomic E-state index is 15.5. The molecule has 1 saturated heterocycles. The zero-order chi connectivity index (χ0) is 44.9. The summed E-state index contributed by atoms with van der Waals surface area (Å²) in [6, 6.07) is 22.9. The lowest BCUT2D eigenvalue weighted by atomic mass is 9.44. The standard InChI is InChI=1S/C47H51NO14/c1-25-31(60-43(56)36(52)35(28-16-10-7-11-17-28)48-41(54)29-18-12-8-13-19-29)23-47(57)40(61-42(55)30-20-14-9-15-21-30)38-45(6,32(51)22-33-46(38,24-58-33)62-27(3)50)39(53)37(59-26(2)49)34(25)44(47,4)5/h7-21,31-33,35-38,40,51-52,57H,22-24H2,1-6H3,(H,48,54)/t31-,32-,33+,35-,36+,37+,38-,40-,45-,46-,47-/m0/s1. The molecule has 3 fully saturated rings. The van der Waals surface area contributed by atoms with E-state index in [0.717, 1.165) is 13.8 Å². The molecule has 1 aliphatic heterocycles. The van der Waals surface area contributed by atoms with E-state index in [0.29, 0.717) is 5.56 Å². The summed E-state index contributed by atoms with van der Waals surface area (Å²) < 4.78 is 30.3. The van der Waals surface area contributed by atoms with E-state index in [4.69, 9.17) is 23.7 Å². The highest BCUT2D eigenvalue weighted by Crippen LogP contribution is 2.64. The van der Waals surface area contributed by atoms with Gasteiger partial charge in [0.15, 0.2) is 23.6 Å². The molecule has 11 atom stereocenters. The Hall–Kier alpha value is -5.74. The SMILES string of the molecule is CC(=O)O[C@H]1C(=O)[C@]2(C)[C@H]([C@H](OC(=O)c3ccccc3)[C@@]3(O)C[C@H](OC(=O)[C@H](O)[C@@H](NC(=O)c4ccccc4)c4ccccc4)C(C)=C1C3(C)C)[C@]1(OC(C)=O)CO[C@@H]1C[C@@H]2O. The Morgan fingerprint density at radius 3 is 1.95 bits per heavy atom. The summed E-state index contributed by atoms with van der Waals surface area (Å²) in [6.07, 6.45) is -10.5. The van der Waals surface area contributed by atoms with Crippen molar-refractivity contribution in [3.63, 3.8) is 0 Å². The van der Waals surface area contributed by atoms with Crippen molar-refractivity contribution in [3.8, 4) is 0 Å². The molecule has 328 valence electrons. The number of ether oxygens (including phenoxy) is 5. The van der Waals surface area contributed by atoms with Gasteiger partial charge in [0.2, 0.25) is 0 Å². The molecule has 3 aliphatic carbocycles. The summed E-state index contributed by atoms with van der Waals surface area (Å²) >= 11 is 0. The number of rotatable bonds is 10. The van der Waals surface area contributed by atoms with E-state index in [2.05, 4.69) is 5.32 Å². The Bertz CT molecular complexity index is 2280. The fraction of sp³-hybridized carbons (Fsp3) is 0.447. The third-order valence-electron chi connectivity index (χ3n) is 13.5. The van der Waals surface area contributed by atoms with Crippen molar-refractivity contribution < 1.29 is 67.8 Å². The Morgan fingerprint density at radius 1 is 0.823 bits per heavy atom. The van der Waals surface area contributed by atoms with Gasteiger partial charge in [-0.1, -0.05) is 80.6 Å². The summed E-state index contributed by atoms with van der Waals surface area (Å²) in [7, 11) is 0. The molecule has 3 aromatic rings. The second-order valence-corrected chi connectivity index (χ2v) is 17.4. The second kappa shape index (κ2) is 16.5. The number of benzene rings is 3. The Morgan fingerprint density at radius 2 is 1.40 bits per heavy atom. The van der Waals surface area contributed by atoms with Gasteiger partial charge in [-0.2, -0.15) is 0 Å². The fourth-order valence-corrected chi connectivity index (χ4v) is 10.2.